The van der Waals surface area contributed by atoms with Crippen molar-refractivity contribution in [3.8, 4) is 0 Å². The minimum atomic E-state index is 0.255. The Kier molecular flexibility index (Phi) is 5.51. The van der Waals surface area contributed by atoms with Crippen molar-refractivity contribution < 1.29 is 4.79 Å². The van der Waals surface area contributed by atoms with Gasteiger partial charge in [-0.25, -0.2) is 4.79 Å². The Bertz CT molecular complexity index is 188. The molecular weight excluding hydrogens is 188 g/mol. The summed E-state index contributed by atoms with van der Waals surface area (Å²) in [7, 11) is 0. The number of hydrogen-bond acceptors (Lipinski definition) is 1. The summed E-state index contributed by atoms with van der Waals surface area (Å²) in [5, 5.41) is 0. The summed E-state index contributed by atoms with van der Waals surface area (Å²) in [6, 6.07) is 0.255. The van der Waals surface area contributed by atoms with Gasteiger partial charge in [-0.05, 0) is 32.6 Å². The number of rotatable bonds is 4. The molecule has 88 valence electrons. The summed E-state index contributed by atoms with van der Waals surface area (Å²) >= 11 is 0. The van der Waals surface area contributed by atoms with E-state index in [1.807, 2.05) is 9.80 Å². The van der Waals surface area contributed by atoms with Crippen LogP contribution in [-0.2, 0) is 0 Å². The van der Waals surface area contributed by atoms with Crippen molar-refractivity contribution in [3.63, 3.8) is 0 Å². The molecule has 0 aromatic carbocycles. The molecule has 0 aromatic heterocycles. The standard InChI is InChI=1S/C12H24N2O/c1-3-5-9-13(4-2)12(15)14-10-7-6-8-11-14/h3-11H2,1-2H3. The lowest BCUT2D eigenvalue weighted by Gasteiger charge is -2.32. The molecule has 15 heavy (non-hydrogen) atoms. The van der Waals surface area contributed by atoms with Crippen LogP contribution in [-0.4, -0.2) is 42.0 Å². The molecule has 1 aliphatic rings. The summed E-state index contributed by atoms with van der Waals surface area (Å²) in [6.07, 6.45) is 5.91. The largest absolute Gasteiger partial charge is 0.325 e. The van der Waals surface area contributed by atoms with Crippen LogP contribution >= 0.6 is 0 Å². The van der Waals surface area contributed by atoms with E-state index in [2.05, 4.69) is 13.8 Å². The van der Waals surface area contributed by atoms with Gasteiger partial charge >= 0.3 is 6.03 Å². The predicted octanol–water partition coefficient (Wildman–Crippen LogP) is 2.71. The van der Waals surface area contributed by atoms with Crippen LogP contribution in [0.3, 0.4) is 0 Å². The van der Waals surface area contributed by atoms with Gasteiger partial charge in [-0.15, -0.1) is 0 Å². The molecule has 0 bridgehead atoms. The zero-order valence-electron chi connectivity index (χ0n) is 10.2. The molecular formula is C12H24N2O. The smallest absolute Gasteiger partial charge is 0.319 e. The molecule has 0 aromatic rings. The third-order valence-corrected chi connectivity index (χ3v) is 3.06. The van der Waals surface area contributed by atoms with E-state index in [1.165, 1.54) is 19.3 Å². The maximum atomic E-state index is 12.1. The molecule has 0 aliphatic carbocycles. The molecule has 1 fully saturated rings. The first kappa shape index (κ1) is 12.3. The number of nitrogens with zero attached hydrogens (tertiary/aromatic N) is 2. The van der Waals surface area contributed by atoms with Crippen molar-refractivity contribution >= 4 is 6.03 Å². The van der Waals surface area contributed by atoms with Gasteiger partial charge in [0.05, 0.1) is 0 Å². The fourth-order valence-corrected chi connectivity index (χ4v) is 2.02. The molecule has 0 unspecified atom stereocenters. The lowest BCUT2D eigenvalue weighted by atomic mass is 10.1. The van der Waals surface area contributed by atoms with Crippen LogP contribution in [0.25, 0.3) is 0 Å². The zero-order valence-corrected chi connectivity index (χ0v) is 10.2. The molecule has 0 radical (unpaired) electrons. The topological polar surface area (TPSA) is 23.6 Å². The Labute approximate surface area is 93.4 Å². The minimum Gasteiger partial charge on any atom is -0.325 e. The Morgan fingerprint density at radius 2 is 1.87 bits per heavy atom. The van der Waals surface area contributed by atoms with E-state index in [1.54, 1.807) is 0 Å². The fourth-order valence-electron chi connectivity index (χ4n) is 2.02. The van der Waals surface area contributed by atoms with Gasteiger partial charge in [0, 0.05) is 26.2 Å². The van der Waals surface area contributed by atoms with Crippen LogP contribution in [0.2, 0.25) is 0 Å². The zero-order chi connectivity index (χ0) is 11.1. The normalized spacial score (nSPS) is 16.5. The first-order valence-corrected chi connectivity index (χ1v) is 6.33. The van der Waals surface area contributed by atoms with E-state index in [-0.39, 0.29) is 6.03 Å². The average molecular weight is 212 g/mol. The van der Waals surface area contributed by atoms with Gasteiger partial charge in [-0.1, -0.05) is 13.3 Å². The Hall–Kier alpha value is -0.730. The maximum absolute atomic E-state index is 12.1. The highest BCUT2D eigenvalue weighted by atomic mass is 16.2. The quantitative estimate of drug-likeness (QED) is 0.703. The highest BCUT2D eigenvalue weighted by Gasteiger charge is 2.20. The first-order valence-electron chi connectivity index (χ1n) is 6.33. The highest BCUT2D eigenvalue weighted by molar-refractivity contribution is 5.74. The van der Waals surface area contributed by atoms with E-state index < -0.39 is 0 Å². The summed E-state index contributed by atoms with van der Waals surface area (Å²) in [4.78, 5) is 16.1. The van der Waals surface area contributed by atoms with Crippen LogP contribution in [0.5, 0.6) is 0 Å². The van der Waals surface area contributed by atoms with Gasteiger partial charge in [0.2, 0.25) is 0 Å². The second-order valence-corrected chi connectivity index (χ2v) is 4.26. The van der Waals surface area contributed by atoms with E-state index in [4.69, 9.17) is 0 Å². The summed E-state index contributed by atoms with van der Waals surface area (Å²) < 4.78 is 0. The van der Waals surface area contributed by atoms with Crippen LogP contribution in [0.15, 0.2) is 0 Å². The molecule has 0 N–H and O–H groups in total. The van der Waals surface area contributed by atoms with E-state index in [0.717, 1.165) is 39.0 Å². The van der Waals surface area contributed by atoms with Crippen LogP contribution in [0.4, 0.5) is 4.79 Å². The van der Waals surface area contributed by atoms with Crippen LogP contribution in [0, 0.1) is 0 Å². The number of piperidine rings is 1. The first-order chi connectivity index (χ1) is 7.29. The molecule has 1 aliphatic heterocycles. The van der Waals surface area contributed by atoms with Gasteiger partial charge < -0.3 is 9.80 Å². The molecule has 1 rings (SSSR count). The summed E-state index contributed by atoms with van der Waals surface area (Å²) in [5.74, 6) is 0. The number of carbonyl (C=O) groups is 1. The van der Waals surface area contributed by atoms with E-state index >= 15 is 0 Å². The molecule has 0 saturated carbocycles. The predicted molar refractivity (Wildman–Crippen MR) is 63.0 cm³/mol. The van der Waals surface area contributed by atoms with E-state index in [9.17, 15) is 4.79 Å². The lowest BCUT2D eigenvalue weighted by Crippen LogP contribution is -2.45. The van der Waals surface area contributed by atoms with Crippen molar-refractivity contribution in [1.82, 2.24) is 9.80 Å². The number of carbonyl (C=O) groups excluding carboxylic acids is 1. The third-order valence-electron chi connectivity index (χ3n) is 3.06. The van der Waals surface area contributed by atoms with Gasteiger partial charge in [0.1, 0.15) is 0 Å². The Morgan fingerprint density at radius 1 is 1.20 bits per heavy atom. The van der Waals surface area contributed by atoms with Crippen molar-refractivity contribution in [1.29, 1.82) is 0 Å². The number of likely N-dealkylation sites (tertiary alicyclic amines) is 1. The van der Waals surface area contributed by atoms with Gasteiger partial charge in [-0.3, -0.25) is 0 Å². The second kappa shape index (κ2) is 6.70. The SMILES string of the molecule is CCCCN(CC)C(=O)N1CCCCC1. The molecule has 0 atom stereocenters. The molecule has 3 nitrogen and oxygen atoms in total. The number of unbranched alkanes of at least 4 members (excludes halogenated alkanes) is 1. The summed E-state index contributed by atoms with van der Waals surface area (Å²) in [6.45, 7) is 7.91. The van der Waals surface area contributed by atoms with Gasteiger partial charge in [-0.2, -0.15) is 0 Å². The second-order valence-electron chi connectivity index (χ2n) is 4.26. The van der Waals surface area contributed by atoms with E-state index in [0.29, 0.717) is 0 Å². The number of hydrogen-bond donors (Lipinski definition) is 0. The number of amides is 2. The minimum absolute atomic E-state index is 0.255. The van der Waals surface area contributed by atoms with Crippen molar-refractivity contribution in [2.45, 2.75) is 46.0 Å². The van der Waals surface area contributed by atoms with Gasteiger partial charge in [0.15, 0.2) is 0 Å². The Balaban J connectivity index is 2.40. The van der Waals surface area contributed by atoms with Crippen molar-refractivity contribution in [2.75, 3.05) is 26.2 Å². The highest BCUT2D eigenvalue weighted by Crippen LogP contribution is 2.11. The number of urea groups is 1. The monoisotopic (exact) mass is 212 g/mol. The average Bonchev–Trinajstić information content (AvgIpc) is 2.31. The van der Waals surface area contributed by atoms with Gasteiger partial charge in [0.25, 0.3) is 0 Å². The molecule has 1 heterocycles. The summed E-state index contributed by atoms with van der Waals surface area (Å²) in [5.41, 5.74) is 0. The molecule has 0 spiro atoms. The van der Waals surface area contributed by atoms with Crippen LogP contribution < -0.4 is 0 Å². The molecule has 1 saturated heterocycles. The molecule has 3 heteroatoms. The van der Waals surface area contributed by atoms with Crippen LogP contribution in [0.1, 0.15) is 46.0 Å². The Morgan fingerprint density at radius 3 is 2.40 bits per heavy atom. The van der Waals surface area contributed by atoms with Crippen molar-refractivity contribution in [2.24, 2.45) is 0 Å². The van der Waals surface area contributed by atoms with Crippen molar-refractivity contribution in [3.05, 3.63) is 0 Å². The maximum Gasteiger partial charge on any atom is 0.319 e. The third kappa shape index (κ3) is 3.73. The fraction of sp³-hybridized carbons (Fsp3) is 0.917. The lowest BCUT2D eigenvalue weighted by molar-refractivity contribution is 0.145. The molecule has 2 amide bonds.